The molecule has 2 N–H and O–H groups in total. The van der Waals surface area contributed by atoms with Gasteiger partial charge in [-0.3, -0.25) is 9.48 Å². The first-order chi connectivity index (χ1) is 11.6. The quantitative estimate of drug-likeness (QED) is 0.757. The smallest absolute Gasteiger partial charge is 0.257 e. The van der Waals surface area contributed by atoms with Crippen LogP contribution in [-0.2, 0) is 13.7 Å². The number of hydrogen-bond donors (Lipinski definition) is 2. The second-order valence-electron chi connectivity index (χ2n) is 5.32. The predicted molar refractivity (Wildman–Crippen MR) is 90.0 cm³/mol. The number of benzene rings is 2. The minimum Gasteiger partial charge on any atom is -0.508 e. The Hall–Kier alpha value is -3.28. The van der Waals surface area contributed by atoms with Crippen molar-refractivity contribution < 1.29 is 14.6 Å². The molecule has 0 aliphatic heterocycles. The summed E-state index contributed by atoms with van der Waals surface area (Å²) in [6.07, 6.45) is 1.73. The minimum absolute atomic E-state index is 0.0354. The van der Waals surface area contributed by atoms with Gasteiger partial charge in [-0.15, -0.1) is 0 Å². The predicted octanol–water partition coefficient (Wildman–Crippen LogP) is 2.96. The zero-order valence-electron chi connectivity index (χ0n) is 13.1. The number of anilines is 1. The number of aromatic nitrogens is 2. The Morgan fingerprint density at radius 3 is 2.71 bits per heavy atom. The first-order valence-corrected chi connectivity index (χ1v) is 7.42. The van der Waals surface area contributed by atoms with Gasteiger partial charge >= 0.3 is 0 Å². The van der Waals surface area contributed by atoms with Crippen LogP contribution < -0.4 is 10.1 Å². The van der Waals surface area contributed by atoms with Crippen molar-refractivity contribution in [2.45, 2.75) is 6.61 Å². The third-order valence-electron chi connectivity index (χ3n) is 3.36. The maximum Gasteiger partial charge on any atom is 0.257 e. The van der Waals surface area contributed by atoms with E-state index in [4.69, 9.17) is 4.74 Å². The summed E-state index contributed by atoms with van der Waals surface area (Å²) in [4.78, 5) is 12.3. The topological polar surface area (TPSA) is 76.4 Å². The normalized spacial score (nSPS) is 10.4. The number of aryl methyl sites for hydroxylation is 1. The standard InChI is InChI=1S/C18H17N3O3/c1-21-8-7-17(20-21)19-18(23)14-9-15(22)11-16(10-14)24-12-13-5-3-2-4-6-13/h2-11,22H,12H2,1H3,(H,19,20,23). The van der Waals surface area contributed by atoms with Crippen molar-refractivity contribution in [1.29, 1.82) is 0 Å². The van der Waals surface area contributed by atoms with Crippen LogP contribution in [0.1, 0.15) is 15.9 Å². The number of hydrogen-bond acceptors (Lipinski definition) is 4. The second-order valence-corrected chi connectivity index (χ2v) is 5.32. The Labute approximate surface area is 139 Å². The highest BCUT2D eigenvalue weighted by molar-refractivity contribution is 6.04. The molecule has 24 heavy (non-hydrogen) atoms. The van der Waals surface area contributed by atoms with E-state index in [0.29, 0.717) is 23.7 Å². The fourth-order valence-corrected chi connectivity index (χ4v) is 2.21. The van der Waals surface area contributed by atoms with E-state index >= 15 is 0 Å². The first kappa shape index (κ1) is 15.6. The van der Waals surface area contributed by atoms with Crippen molar-refractivity contribution in [3.05, 3.63) is 71.9 Å². The maximum absolute atomic E-state index is 12.3. The molecule has 3 rings (SSSR count). The van der Waals surface area contributed by atoms with Gasteiger partial charge in [0.15, 0.2) is 5.82 Å². The number of nitrogens with zero attached hydrogens (tertiary/aromatic N) is 2. The van der Waals surface area contributed by atoms with Gasteiger partial charge in [0.05, 0.1) is 0 Å². The number of rotatable bonds is 5. The van der Waals surface area contributed by atoms with Crippen LogP contribution in [0.15, 0.2) is 60.8 Å². The maximum atomic E-state index is 12.3. The van der Waals surface area contributed by atoms with Crippen LogP contribution in [0.5, 0.6) is 11.5 Å². The van der Waals surface area contributed by atoms with Crippen molar-refractivity contribution in [1.82, 2.24) is 9.78 Å². The van der Waals surface area contributed by atoms with E-state index in [-0.39, 0.29) is 11.7 Å². The molecule has 0 fully saturated rings. The molecule has 0 unspecified atom stereocenters. The van der Waals surface area contributed by atoms with Crippen LogP contribution in [0.2, 0.25) is 0 Å². The van der Waals surface area contributed by atoms with Crippen LogP contribution in [0.25, 0.3) is 0 Å². The van der Waals surface area contributed by atoms with Crippen molar-refractivity contribution >= 4 is 11.7 Å². The Kier molecular flexibility index (Phi) is 4.47. The van der Waals surface area contributed by atoms with Crippen LogP contribution in [0, 0.1) is 0 Å². The molecule has 0 spiro atoms. The molecular formula is C18H17N3O3. The van der Waals surface area contributed by atoms with E-state index in [9.17, 15) is 9.90 Å². The first-order valence-electron chi connectivity index (χ1n) is 7.42. The summed E-state index contributed by atoms with van der Waals surface area (Å²) in [5, 5.41) is 16.6. The zero-order valence-corrected chi connectivity index (χ0v) is 13.1. The summed E-state index contributed by atoms with van der Waals surface area (Å²) < 4.78 is 7.25. The Morgan fingerprint density at radius 1 is 1.21 bits per heavy atom. The average molecular weight is 323 g/mol. The number of phenols is 1. The third kappa shape index (κ3) is 3.92. The van der Waals surface area contributed by atoms with Crippen molar-refractivity contribution in [2.24, 2.45) is 7.05 Å². The van der Waals surface area contributed by atoms with Crippen LogP contribution in [0.3, 0.4) is 0 Å². The summed E-state index contributed by atoms with van der Waals surface area (Å²) in [6, 6.07) is 15.8. The molecule has 0 radical (unpaired) electrons. The fourth-order valence-electron chi connectivity index (χ4n) is 2.21. The van der Waals surface area contributed by atoms with Gasteiger partial charge in [-0.25, -0.2) is 0 Å². The average Bonchev–Trinajstić information content (AvgIpc) is 2.98. The zero-order chi connectivity index (χ0) is 16.9. The number of phenolic OH excluding ortho intramolecular Hbond substituents is 1. The van der Waals surface area contributed by atoms with Crippen molar-refractivity contribution in [3.8, 4) is 11.5 Å². The number of carbonyl (C=O) groups is 1. The molecule has 0 aliphatic rings. The molecule has 1 aromatic heterocycles. The molecule has 0 aliphatic carbocycles. The van der Waals surface area contributed by atoms with E-state index in [1.54, 1.807) is 30.1 Å². The van der Waals surface area contributed by atoms with Crippen molar-refractivity contribution in [2.75, 3.05) is 5.32 Å². The molecule has 1 heterocycles. The highest BCUT2D eigenvalue weighted by atomic mass is 16.5. The molecule has 0 bridgehead atoms. The van der Waals surface area contributed by atoms with E-state index < -0.39 is 0 Å². The lowest BCUT2D eigenvalue weighted by molar-refractivity contribution is 0.102. The summed E-state index contributed by atoms with van der Waals surface area (Å²) in [6.45, 7) is 0.353. The lowest BCUT2D eigenvalue weighted by atomic mass is 10.2. The third-order valence-corrected chi connectivity index (χ3v) is 3.36. The summed E-state index contributed by atoms with van der Waals surface area (Å²) in [5.41, 5.74) is 1.30. The molecule has 0 saturated heterocycles. The molecule has 6 nitrogen and oxygen atoms in total. The lowest BCUT2D eigenvalue weighted by Crippen LogP contribution is -2.12. The largest absolute Gasteiger partial charge is 0.508 e. The van der Waals surface area contributed by atoms with Gasteiger partial charge in [-0.1, -0.05) is 30.3 Å². The van der Waals surface area contributed by atoms with Crippen LogP contribution in [0.4, 0.5) is 5.82 Å². The van der Waals surface area contributed by atoms with E-state index in [0.717, 1.165) is 5.56 Å². The SMILES string of the molecule is Cn1ccc(NC(=O)c2cc(O)cc(OCc3ccccc3)c2)n1. The molecule has 0 saturated carbocycles. The van der Waals surface area contributed by atoms with Gasteiger partial charge in [0.2, 0.25) is 0 Å². The molecule has 122 valence electrons. The number of aromatic hydroxyl groups is 1. The molecule has 2 aromatic carbocycles. The van der Waals surface area contributed by atoms with Crippen LogP contribution >= 0.6 is 0 Å². The Morgan fingerprint density at radius 2 is 2.00 bits per heavy atom. The molecular weight excluding hydrogens is 306 g/mol. The number of amides is 1. The minimum atomic E-state index is -0.367. The highest BCUT2D eigenvalue weighted by Gasteiger charge is 2.11. The summed E-state index contributed by atoms with van der Waals surface area (Å²) in [7, 11) is 1.76. The van der Waals surface area contributed by atoms with Gasteiger partial charge in [0, 0.05) is 30.9 Å². The van der Waals surface area contributed by atoms with E-state index in [2.05, 4.69) is 10.4 Å². The summed E-state index contributed by atoms with van der Waals surface area (Å²) >= 11 is 0. The number of ether oxygens (including phenoxy) is 1. The Balaban J connectivity index is 1.72. The monoisotopic (exact) mass is 323 g/mol. The highest BCUT2D eigenvalue weighted by Crippen LogP contribution is 2.23. The van der Waals surface area contributed by atoms with Gasteiger partial charge in [0.25, 0.3) is 5.91 Å². The molecule has 6 heteroatoms. The lowest BCUT2D eigenvalue weighted by Gasteiger charge is -2.09. The summed E-state index contributed by atoms with van der Waals surface area (Å²) in [5.74, 6) is 0.462. The van der Waals surface area contributed by atoms with Gasteiger partial charge in [-0.2, -0.15) is 5.10 Å². The van der Waals surface area contributed by atoms with Gasteiger partial charge < -0.3 is 15.2 Å². The second kappa shape index (κ2) is 6.87. The fraction of sp³-hybridized carbons (Fsp3) is 0.111. The number of nitrogens with one attached hydrogen (secondary N) is 1. The van der Waals surface area contributed by atoms with Crippen LogP contribution in [-0.4, -0.2) is 20.8 Å². The Bertz CT molecular complexity index is 844. The number of carbonyl (C=O) groups excluding carboxylic acids is 1. The molecule has 3 aromatic rings. The van der Waals surface area contributed by atoms with E-state index in [1.807, 2.05) is 30.3 Å². The molecule has 1 amide bonds. The van der Waals surface area contributed by atoms with Crippen molar-refractivity contribution in [3.63, 3.8) is 0 Å². The van der Waals surface area contributed by atoms with Gasteiger partial charge in [0.1, 0.15) is 18.1 Å². The van der Waals surface area contributed by atoms with E-state index in [1.165, 1.54) is 12.1 Å². The molecule has 0 atom stereocenters. The van der Waals surface area contributed by atoms with Gasteiger partial charge in [-0.05, 0) is 17.7 Å².